The average molecular weight is 393 g/mol. The van der Waals surface area contributed by atoms with Crippen LogP contribution in [0.25, 0.3) is 0 Å². The zero-order chi connectivity index (χ0) is 17.6. The van der Waals surface area contributed by atoms with Gasteiger partial charge in [-0.15, -0.1) is 21.5 Å². The molecule has 0 fully saturated rings. The molecule has 0 spiro atoms. The van der Waals surface area contributed by atoms with E-state index < -0.39 is 0 Å². The molecule has 3 rings (SSSR count). The first-order valence-corrected chi connectivity index (χ1v) is 9.95. The van der Waals surface area contributed by atoms with E-state index in [4.69, 9.17) is 11.6 Å². The van der Waals surface area contributed by atoms with Crippen LogP contribution in [0.15, 0.2) is 47.2 Å². The average Bonchev–Trinajstić information content (AvgIpc) is 3.25. The number of thioether (sulfide) groups is 1. The Bertz CT molecular complexity index is 848. The highest BCUT2D eigenvalue weighted by molar-refractivity contribution is 7.99. The van der Waals surface area contributed by atoms with E-state index in [2.05, 4.69) is 27.0 Å². The first kappa shape index (κ1) is 18.0. The van der Waals surface area contributed by atoms with Crippen molar-refractivity contribution in [1.82, 2.24) is 14.8 Å². The van der Waals surface area contributed by atoms with Crippen LogP contribution < -0.4 is 5.32 Å². The number of amides is 1. The van der Waals surface area contributed by atoms with E-state index in [9.17, 15) is 4.79 Å². The summed E-state index contributed by atoms with van der Waals surface area (Å²) in [5, 5.41) is 14.3. The molecule has 0 saturated heterocycles. The minimum Gasteiger partial charge on any atom is -0.325 e. The fraction of sp³-hybridized carbons (Fsp3) is 0.235. The fourth-order valence-corrected chi connectivity index (χ4v) is 3.81. The van der Waals surface area contributed by atoms with Crippen LogP contribution in [0.4, 0.5) is 5.69 Å². The summed E-state index contributed by atoms with van der Waals surface area (Å²) in [5.74, 6) is 0.168. The molecule has 2 heterocycles. The number of hydrogen-bond acceptors (Lipinski definition) is 5. The third-order valence-electron chi connectivity index (χ3n) is 3.55. The van der Waals surface area contributed by atoms with Gasteiger partial charge in [0.1, 0.15) is 6.33 Å². The van der Waals surface area contributed by atoms with E-state index in [0.717, 1.165) is 23.7 Å². The Morgan fingerprint density at radius 1 is 1.40 bits per heavy atom. The van der Waals surface area contributed by atoms with Crippen molar-refractivity contribution in [3.05, 3.63) is 57.5 Å². The molecule has 0 unspecified atom stereocenters. The van der Waals surface area contributed by atoms with Gasteiger partial charge in [0.05, 0.1) is 5.75 Å². The Kier molecular flexibility index (Phi) is 6.12. The Hall–Kier alpha value is -1.83. The quantitative estimate of drug-likeness (QED) is 0.610. The summed E-state index contributed by atoms with van der Waals surface area (Å²) in [6, 6.07) is 9.63. The van der Waals surface area contributed by atoms with Gasteiger partial charge in [-0.3, -0.25) is 4.79 Å². The number of halogens is 1. The van der Waals surface area contributed by atoms with Gasteiger partial charge in [0, 0.05) is 22.1 Å². The topological polar surface area (TPSA) is 59.8 Å². The van der Waals surface area contributed by atoms with Crippen LogP contribution in [0, 0.1) is 6.92 Å². The lowest BCUT2D eigenvalue weighted by atomic mass is 10.2. The SMILES string of the molecule is Cc1ccc(NC(=O)CSc2nncn2CCc2cccs2)cc1Cl. The predicted molar refractivity (Wildman–Crippen MR) is 104 cm³/mol. The number of carbonyl (C=O) groups excluding carboxylic acids is 1. The van der Waals surface area contributed by atoms with Crippen molar-refractivity contribution in [1.29, 1.82) is 0 Å². The van der Waals surface area contributed by atoms with Crippen molar-refractivity contribution in [2.75, 3.05) is 11.1 Å². The van der Waals surface area contributed by atoms with Gasteiger partial charge in [-0.25, -0.2) is 0 Å². The molecule has 25 heavy (non-hydrogen) atoms. The number of nitrogens with one attached hydrogen (secondary N) is 1. The molecular weight excluding hydrogens is 376 g/mol. The number of hydrogen-bond donors (Lipinski definition) is 1. The number of benzene rings is 1. The number of thiophene rings is 1. The summed E-state index contributed by atoms with van der Waals surface area (Å²) in [6.07, 6.45) is 2.63. The van der Waals surface area contributed by atoms with Crippen LogP contribution in [0.1, 0.15) is 10.4 Å². The van der Waals surface area contributed by atoms with E-state index >= 15 is 0 Å². The maximum absolute atomic E-state index is 12.1. The molecule has 1 amide bonds. The van der Waals surface area contributed by atoms with Gasteiger partial charge in [-0.1, -0.05) is 35.5 Å². The molecular formula is C17H17ClN4OS2. The minimum absolute atomic E-state index is 0.0993. The normalized spacial score (nSPS) is 10.8. The number of rotatable bonds is 7. The maximum Gasteiger partial charge on any atom is 0.234 e. The number of anilines is 1. The van der Waals surface area contributed by atoms with E-state index in [1.54, 1.807) is 23.7 Å². The lowest BCUT2D eigenvalue weighted by molar-refractivity contribution is -0.113. The Balaban J connectivity index is 1.52. The predicted octanol–water partition coefficient (Wildman–Crippen LogP) is 4.27. The van der Waals surface area contributed by atoms with Crippen molar-refractivity contribution in [3.63, 3.8) is 0 Å². The summed E-state index contributed by atoms with van der Waals surface area (Å²) < 4.78 is 1.97. The van der Waals surface area contributed by atoms with Crippen molar-refractivity contribution in [2.45, 2.75) is 25.0 Å². The highest BCUT2D eigenvalue weighted by Gasteiger charge is 2.10. The molecule has 3 aromatic rings. The largest absolute Gasteiger partial charge is 0.325 e. The van der Waals surface area contributed by atoms with Gasteiger partial charge in [-0.05, 0) is 42.5 Å². The fourth-order valence-electron chi connectivity index (χ4n) is 2.19. The Morgan fingerprint density at radius 2 is 2.28 bits per heavy atom. The number of nitrogens with zero attached hydrogens (tertiary/aromatic N) is 3. The summed E-state index contributed by atoms with van der Waals surface area (Å²) >= 11 is 9.19. The lowest BCUT2D eigenvalue weighted by Gasteiger charge is -2.07. The van der Waals surface area contributed by atoms with Gasteiger partial charge in [0.25, 0.3) is 0 Å². The van der Waals surface area contributed by atoms with Crippen LogP contribution in [-0.2, 0) is 17.8 Å². The van der Waals surface area contributed by atoms with Gasteiger partial charge in [0.15, 0.2) is 5.16 Å². The third kappa shape index (κ3) is 5.07. The van der Waals surface area contributed by atoms with Crippen LogP contribution in [0.5, 0.6) is 0 Å². The van der Waals surface area contributed by atoms with E-state index in [-0.39, 0.29) is 11.7 Å². The summed E-state index contributed by atoms with van der Waals surface area (Å²) in [6.45, 7) is 2.72. The van der Waals surface area contributed by atoms with Crippen LogP contribution in [-0.4, -0.2) is 26.4 Å². The van der Waals surface area contributed by atoms with Gasteiger partial charge < -0.3 is 9.88 Å². The summed E-state index contributed by atoms with van der Waals surface area (Å²) in [7, 11) is 0. The highest BCUT2D eigenvalue weighted by Crippen LogP contribution is 2.21. The van der Waals surface area contributed by atoms with Crippen LogP contribution >= 0.6 is 34.7 Å². The van der Waals surface area contributed by atoms with Gasteiger partial charge in [-0.2, -0.15) is 0 Å². The lowest BCUT2D eigenvalue weighted by Crippen LogP contribution is -2.14. The monoisotopic (exact) mass is 392 g/mol. The number of aryl methyl sites for hydroxylation is 3. The molecule has 2 aromatic heterocycles. The van der Waals surface area contributed by atoms with Crippen molar-refractivity contribution >= 4 is 46.3 Å². The Morgan fingerprint density at radius 3 is 3.04 bits per heavy atom. The molecule has 0 radical (unpaired) electrons. The second kappa shape index (κ2) is 8.51. The molecule has 0 aliphatic heterocycles. The standard InChI is InChI=1S/C17H17ClN4OS2/c1-12-4-5-13(9-15(12)18)20-16(23)10-25-17-21-19-11-22(17)7-6-14-3-2-8-24-14/h2-5,8-9,11H,6-7,10H2,1H3,(H,20,23). The van der Waals surface area contributed by atoms with Crippen molar-refractivity contribution in [3.8, 4) is 0 Å². The van der Waals surface area contributed by atoms with Gasteiger partial charge in [0.2, 0.25) is 5.91 Å². The molecule has 0 aliphatic carbocycles. The summed E-state index contributed by atoms with van der Waals surface area (Å²) in [4.78, 5) is 13.4. The first-order valence-electron chi connectivity index (χ1n) is 7.71. The molecule has 0 atom stereocenters. The number of carbonyl (C=O) groups is 1. The second-order valence-corrected chi connectivity index (χ2v) is 7.82. The zero-order valence-electron chi connectivity index (χ0n) is 13.6. The van der Waals surface area contributed by atoms with Crippen LogP contribution in [0.3, 0.4) is 0 Å². The van der Waals surface area contributed by atoms with E-state index in [0.29, 0.717) is 10.7 Å². The molecule has 130 valence electrons. The maximum atomic E-state index is 12.1. The first-order chi connectivity index (χ1) is 12.1. The number of aromatic nitrogens is 3. The third-order valence-corrected chi connectivity index (χ3v) is 5.87. The molecule has 8 heteroatoms. The summed E-state index contributed by atoms with van der Waals surface area (Å²) in [5.41, 5.74) is 1.67. The van der Waals surface area contributed by atoms with Crippen molar-refractivity contribution in [2.24, 2.45) is 0 Å². The molecule has 1 N–H and O–H groups in total. The molecule has 1 aromatic carbocycles. The second-order valence-electron chi connectivity index (χ2n) is 5.44. The zero-order valence-corrected chi connectivity index (χ0v) is 16.0. The van der Waals surface area contributed by atoms with E-state index in [1.807, 2.05) is 29.7 Å². The highest BCUT2D eigenvalue weighted by atomic mass is 35.5. The van der Waals surface area contributed by atoms with E-state index in [1.165, 1.54) is 16.6 Å². The smallest absolute Gasteiger partial charge is 0.234 e. The minimum atomic E-state index is -0.0993. The van der Waals surface area contributed by atoms with Crippen molar-refractivity contribution < 1.29 is 4.79 Å². The molecule has 0 bridgehead atoms. The Labute approximate surface area is 159 Å². The molecule has 5 nitrogen and oxygen atoms in total. The molecule has 0 aliphatic rings. The molecule has 0 saturated carbocycles. The van der Waals surface area contributed by atoms with Crippen LogP contribution in [0.2, 0.25) is 5.02 Å². The van der Waals surface area contributed by atoms with Gasteiger partial charge >= 0.3 is 0 Å².